The standard InChI is InChI=1S/C11H18N2O3S/c1-9-3-4-11(16-9)13(2)17(14,15)8-10-5-6-12-7-10/h3-4,10,12H,5-8H2,1-2H3. The maximum Gasteiger partial charge on any atom is 0.237 e. The lowest BCUT2D eigenvalue weighted by Crippen LogP contribution is -2.32. The molecule has 1 aliphatic rings. The number of hydrogen-bond acceptors (Lipinski definition) is 4. The lowest BCUT2D eigenvalue weighted by Gasteiger charge is -2.18. The molecule has 0 bridgehead atoms. The predicted octanol–water partition coefficient (Wildman–Crippen LogP) is 0.964. The van der Waals surface area contributed by atoms with Crippen molar-refractivity contribution in [3.8, 4) is 0 Å². The second-order valence-corrected chi connectivity index (χ2v) is 6.53. The summed E-state index contributed by atoms with van der Waals surface area (Å²) in [6, 6.07) is 3.44. The van der Waals surface area contributed by atoms with E-state index < -0.39 is 10.0 Å². The van der Waals surface area contributed by atoms with E-state index in [1.165, 1.54) is 11.4 Å². The van der Waals surface area contributed by atoms with E-state index in [1.807, 2.05) is 0 Å². The Morgan fingerprint density at radius 2 is 2.29 bits per heavy atom. The van der Waals surface area contributed by atoms with Crippen molar-refractivity contribution in [1.29, 1.82) is 0 Å². The molecule has 2 heterocycles. The summed E-state index contributed by atoms with van der Waals surface area (Å²) in [5.41, 5.74) is 0. The Morgan fingerprint density at radius 1 is 1.53 bits per heavy atom. The van der Waals surface area contributed by atoms with E-state index >= 15 is 0 Å². The molecule has 1 unspecified atom stereocenters. The minimum atomic E-state index is -3.28. The molecule has 0 aromatic carbocycles. The lowest BCUT2D eigenvalue weighted by molar-refractivity contribution is 0.529. The van der Waals surface area contributed by atoms with Crippen LogP contribution < -0.4 is 9.62 Å². The van der Waals surface area contributed by atoms with Crippen LogP contribution in [0.3, 0.4) is 0 Å². The van der Waals surface area contributed by atoms with E-state index in [2.05, 4.69) is 5.32 Å². The first-order valence-corrected chi connectivity index (χ1v) is 7.34. The van der Waals surface area contributed by atoms with Crippen molar-refractivity contribution in [1.82, 2.24) is 5.32 Å². The molecule has 0 spiro atoms. The molecule has 1 aliphatic heterocycles. The fourth-order valence-electron chi connectivity index (χ4n) is 1.99. The molecule has 1 saturated heterocycles. The summed E-state index contributed by atoms with van der Waals surface area (Å²) in [6.07, 6.45) is 0.921. The average molecular weight is 258 g/mol. The molecular formula is C11H18N2O3S. The molecule has 96 valence electrons. The number of furan rings is 1. The minimum Gasteiger partial charge on any atom is -0.445 e. The highest BCUT2D eigenvalue weighted by molar-refractivity contribution is 7.92. The monoisotopic (exact) mass is 258 g/mol. The number of nitrogens with zero attached hydrogens (tertiary/aromatic N) is 1. The fourth-order valence-corrected chi connectivity index (χ4v) is 3.47. The van der Waals surface area contributed by atoms with Gasteiger partial charge in [0.1, 0.15) is 5.76 Å². The SMILES string of the molecule is Cc1ccc(N(C)S(=O)(=O)CC2CCNC2)o1. The lowest BCUT2D eigenvalue weighted by atomic mass is 10.2. The van der Waals surface area contributed by atoms with E-state index in [0.29, 0.717) is 11.6 Å². The highest BCUT2D eigenvalue weighted by Gasteiger charge is 2.27. The predicted molar refractivity (Wildman–Crippen MR) is 66.6 cm³/mol. The Balaban J connectivity index is 2.09. The Bertz CT molecular complexity index is 475. The molecule has 17 heavy (non-hydrogen) atoms. The fraction of sp³-hybridized carbons (Fsp3) is 0.636. The topological polar surface area (TPSA) is 62.6 Å². The average Bonchev–Trinajstić information content (AvgIpc) is 2.88. The molecule has 5 nitrogen and oxygen atoms in total. The second-order valence-electron chi connectivity index (χ2n) is 4.49. The van der Waals surface area contributed by atoms with Gasteiger partial charge in [-0.15, -0.1) is 0 Å². The third-order valence-corrected chi connectivity index (χ3v) is 4.97. The molecule has 0 radical (unpaired) electrons. The van der Waals surface area contributed by atoms with E-state index in [9.17, 15) is 8.42 Å². The molecule has 1 N–H and O–H groups in total. The van der Waals surface area contributed by atoms with E-state index in [0.717, 1.165) is 19.5 Å². The highest BCUT2D eigenvalue weighted by atomic mass is 32.2. The van der Waals surface area contributed by atoms with Crippen molar-refractivity contribution < 1.29 is 12.8 Å². The smallest absolute Gasteiger partial charge is 0.237 e. The van der Waals surface area contributed by atoms with Crippen molar-refractivity contribution in [2.75, 3.05) is 30.2 Å². The van der Waals surface area contributed by atoms with E-state index in [-0.39, 0.29) is 11.7 Å². The van der Waals surface area contributed by atoms with Gasteiger partial charge in [-0.05, 0) is 38.4 Å². The van der Waals surface area contributed by atoms with Crippen LogP contribution in [0.15, 0.2) is 16.5 Å². The van der Waals surface area contributed by atoms with Gasteiger partial charge in [0.25, 0.3) is 0 Å². The molecule has 0 amide bonds. The van der Waals surface area contributed by atoms with Crippen LogP contribution in [0.2, 0.25) is 0 Å². The van der Waals surface area contributed by atoms with Crippen LogP contribution >= 0.6 is 0 Å². The van der Waals surface area contributed by atoms with Gasteiger partial charge in [0.15, 0.2) is 0 Å². The molecule has 6 heteroatoms. The number of nitrogens with one attached hydrogen (secondary N) is 1. The number of rotatable bonds is 4. The molecule has 1 fully saturated rings. The van der Waals surface area contributed by atoms with Crippen LogP contribution in [0.25, 0.3) is 0 Å². The van der Waals surface area contributed by atoms with Crippen LogP contribution in [-0.2, 0) is 10.0 Å². The van der Waals surface area contributed by atoms with Gasteiger partial charge in [-0.3, -0.25) is 0 Å². The summed E-state index contributed by atoms with van der Waals surface area (Å²) in [5.74, 6) is 1.48. The summed E-state index contributed by atoms with van der Waals surface area (Å²) in [6.45, 7) is 3.48. The summed E-state index contributed by atoms with van der Waals surface area (Å²) >= 11 is 0. The normalized spacial score (nSPS) is 20.7. The number of hydrogen-bond donors (Lipinski definition) is 1. The van der Waals surface area contributed by atoms with Crippen LogP contribution in [0.1, 0.15) is 12.2 Å². The van der Waals surface area contributed by atoms with Gasteiger partial charge in [-0.1, -0.05) is 0 Å². The largest absolute Gasteiger partial charge is 0.445 e. The number of sulfonamides is 1. The molecule has 1 aromatic heterocycles. The van der Waals surface area contributed by atoms with Crippen molar-refractivity contribution in [2.45, 2.75) is 13.3 Å². The zero-order valence-electron chi connectivity index (χ0n) is 10.1. The summed E-state index contributed by atoms with van der Waals surface area (Å²) < 4.78 is 30.8. The van der Waals surface area contributed by atoms with Gasteiger partial charge in [-0.2, -0.15) is 0 Å². The van der Waals surface area contributed by atoms with E-state index in [4.69, 9.17) is 4.42 Å². The molecular weight excluding hydrogens is 240 g/mol. The van der Waals surface area contributed by atoms with Gasteiger partial charge in [-0.25, -0.2) is 12.7 Å². The molecule has 0 saturated carbocycles. The number of aryl methyl sites for hydroxylation is 1. The minimum absolute atomic E-state index is 0.177. The Morgan fingerprint density at radius 3 is 2.82 bits per heavy atom. The van der Waals surface area contributed by atoms with Crippen molar-refractivity contribution in [3.63, 3.8) is 0 Å². The first-order chi connectivity index (χ1) is 7.99. The van der Waals surface area contributed by atoms with Gasteiger partial charge in [0, 0.05) is 13.1 Å². The van der Waals surface area contributed by atoms with Gasteiger partial charge in [0.2, 0.25) is 15.9 Å². The van der Waals surface area contributed by atoms with Crippen LogP contribution in [0.4, 0.5) is 5.88 Å². The van der Waals surface area contributed by atoms with Gasteiger partial charge >= 0.3 is 0 Å². The van der Waals surface area contributed by atoms with Crippen molar-refractivity contribution >= 4 is 15.9 Å². The maximum absolute atomic E-state index is 12.1. The molecule has 2 rings (SSSR count). The summed E-state index contributed by atoms with van der Waals surface area (Å²) in [5, 5.41) is 3.17. The van der Waals surface area contributed by atoms with Gasteiger partial charge < -0.3 is 9.73 Å². The van der Waals surface area contributed by atoms with Crippen LogP contribution in [0.5, 0.6) is 0 Å². The molecule has 1 atom stereocenters. The summed E-state index contributed by atoms with van der Waals surface area (Å²) in [4.78, 5) is 0. The maximum atomic E-state index is 12.1. The Kier molecular flexibility index (Phi) is 3.44. The second kappa shape index (κ2) is 4.70. The highest BCUT2D eigenvalue weighted by Crippen LogP contribution is 2.21. The van der Waals surface area contributed by atoms with E-state index in [1.54, 1.807) is 19.1 Å². The van der Waals surface area contributed by atoms with Gasteiger partial charge in [0.05, 0.1) is 5.75 Å². The quantitative estimate of drug-likeness (QED) is 0.874. The van der Waals surface area contributed by atoms with Crippen LogP contribution in [0, 0.1) is 12.8 Å². The first-order valence-electron chi connectivity index (χ1n) is 5.73. The molecule has 0 aliphatic carbocycles. The number of anilines is 1. The third-order valence-electron chi connectivity index (χ3n) is 3.06. The zero-order chi connectivity index (χ0) is 12.5. The van der Waals surface area contributed by atoms with Crippen molar-refractivity contribution in [2.24, 2.45) is 5.92 Å². The molecule has 1 aromatic rings. The Hall–Kier alpha value is -1.01. The third kappa shape index (κ3) is 2.81. The zero-order valence-corrected chi connectivity index (χ0v) is 11.0. The summed E-state index contributed by atoms with van der Waals surface area (Å²) in [7, 11) is -1.75. The van der Waals surface area contributed by atoms with Crippen molar-refractivity contribution in [3.05, 3.63) is 17.9 Å². The van der Waals surface area contributed by atoms with Crippen LogP contribution in [-0.4, -0.2) is 34.3 Å². The first kappa shape index (κ1) is 12.4. The Labute approximate surface area is 102 Å².